The van der Waals surface area contributed by atoms with Gasteiger partial charge in [0.05, 0.1) is 17.2 Å². The number of rotatable bonds is 3. The van der Waals surface area contributed by atoms with E-state index >= 15 is 0 Å². The lowest BCUT2D eigenvalue weighted by Crippen LogP contribution is -2.37. The zero-order chi connectivity index (χ0) is 14.2. The predicted octanol–water partition coefficient (Wildman–Crippen LogP) is 1.58. The number of primary amides is 1. The smallest absolute Gasteiger partial charge is 0.225 e. The van der Waals surface area contributed by atoms with Crippen LogP contribution in [0.25, 0.3) is 0 Å². The van der Waals surface area contributed by atoms with Crippen LogP contribution in [-0.4, -0.2) is 24.1 Å². The zero-order valence-electron chi connectivity index (χ0n) is 11.2. The molecule has 2 rings (SSSR count). The molecule has 1 heterocycles. The summed E-state index contributed by atoms with van der Waals surface area (Å²) in [6, 6.07) is 4.63. The van der Waals surface area contributed by atoms with Crippen molar-refractivity contribution in [3.63, 3.8) is 0 Å². The summed E-state index contributed by atoms with van der Waals surface area (Å²) in [5.41, 5.74) is 5.67. The van der Waals surface area contributed by atoms with Gasteiger partial charge in [0.25, 0.3) is 0 Å². The summed E-state index contributed by atoms with van der Waals surface area (Å²) in [4.78, 5) is 13.3. The molecule has 5 heteroatoms. The molecule has 4 nitrogen and oxygen atoms in total. The molecule has 0 radical (unpaired) electrons. The van der Waals surface area contributed by atoms with Crippen LogP contribution in [-0.2, 0) is 4.79 Å². The maximum Gasteiger partial charge on any atom is 0.225 e. The topological polar surface area (TPSA) is 66.6 Å². The highest BCUT2D eigenvalue weighted by molar-refractivity contribution is 5.82. The molecule has 2 unspecified atom stereocenters. The summed E-state index contributed by atoms with van der Waals surface area (Å²) in [5.74, 6) is -0.753. The number of nitrogens with zero attached hydrogens (tertiary/aromatic N) is 1. The number of carbonyl (C=O) groups excluding carboxylic acids is 1. The second kappa shape index (κ2) is 4.81. The third-order valence-electron chi connectivity index (χ3n) is 3.85. The number of nitrogens with two attached hydrogens (primary N) is 1. The van der Waals surface area contributed by atoms with E-state index in [1.165, 1.54) is 6.07 Å². The molecular weight excluding hydrogens is 247 g/mol. The van der Waals surface area contributed by atoms with E-state index in [4.69, 9.17) is 5.73 Å². The average molecular weight is 266 g/mol. The Bertz CT molecular complexity index is 504. The molecular formula is C14H19FN2O2. The Morgan fingerprint density at radius 1 is 1.58 bits per heavy atom. The van der Waals surface area contributed by atoms with E-state index in [1.54, 1.807) is 30.9 Å². The summed E-state index contributed by atoms with van der Waals surface area (Å²) in [7, 11) is 0. The van der Waals surface area contributed by atoms with E-state index < -0.39 is 11.5 Å². The zero-order valence-corrected chi connectivity index (χ0v) is 11.2. The van der Waals surface area contributed by atoms with E-state index in [-0.39, 0.29) is 11.7 Å². The number of carbonyl (C=O) groups is 1. The van der Waals surface area contributed by atoms with Crippen LogP contribution in [0.5, 0.6) is 0 Å². The van der Waals surface area contributed by atoms with Gasteiger partial charge in [0, 0.05) is 18.7 Å². The number of aliphatic hydroxyl groups excluding tert-OH is 1. The van der Waals surface area contributed by atoms with Crippen molar-refractivity contribution in [3.05, 3.63) is 29.6 Å². The third-order valence-corrected chi connectivity index (χ3v) is 3.85. The van der Waals surface area contributed by atoms with Gasteiger partial charge in [-0.05, 0) is 26.3 Å². The molecule has 0 aromatic heterocycles. The fraction of sp³-hybridized carbons (Fsp3) is 0.500. The minimum Gasteiger partial charge on any atom is -0.389 e. The first kappa shape index (κ1) is 13.8. The van der Waals surface area contributed by atoms with Gasteiger partial charge in [0.15, 0.2) is 0 Å². The molecule has 1 saturated heterocycles. The summed E-state index contributed by atoms with van der Waals surface area (Å²) >= 11 is 0. The van der Waals surface area contributed by atoms with Gasteiger partial charge in [-0.25, -0.2) is 4.39 Å². The van der Waals surface area contributed by atoms with E-state index in [2.05, 4.69) is 0 Å². The summed E-state index contributed by atoms with van der Waals surface area (Å²) in [6.07, 6.45) is -0.165. The van der Waals surface area contributed by atoms with E-state index in [0.717, 1.165) is 0 Å². The molecule has 2 atom stereocenters. The van der Waals surface area contributed by atoms with Crippen molar-refractivity contribution in [2.24, 2.45) is 11.1 Å². The number of anilines is 1. The predicted molar refractivity (Wildman–Crippen MR) is 71.2 cm³/mol. The number of hydrogen-bond donors (Lipinski definition) is 2. The van der Waals surface area contributed by atoms with E-state index in [9.17, 15) is 14.3 Å². The van der Waals surface area contributed by atoms with Crippen molar-refractivity contribution in [2.75, 3.05) is 18.0 Å². The molecule has 1 amide bonds. The van der Waals surface area contributed by atoms with Crippen LogP contribution in [0.2, 0.25) is 0 Å². The Morgan fingerprint density at radius 2 is 2.26 bits per heavy atom. The number of aliphatic hydroxyl groups is 1. The number of para-hydroxylation sites is 1. The van der Waals surface area contributed by atoms with Crippen molar-refractivity contribution in [1.82, 2.24) is 0 Å². The highest BCUT2D eigenvalue weighted by atomic mass is 19.1. The maximum absolute atomic E-state index is 14.0. The Kier molecular flexibility index (Phi) is 3.49. The molecule has 1 aromatic rings. The lowest BCUT2D eigenvalue weighted by atomic mass is 9.89. The van der Waals surface area contributed by atoms with Crippen LogP contribution in [0, 0.1) is 11.2 Å². The van der Waals surface area contributed by atoms with Gasteiger partial charge in [-0.1, -0.05) is 12.1 Å². The van der Waals surface area contributed by atoms with Gasteiger partial charge in [-0.3, -0.25) is 4.79 Å². The molecule has 1 aliphatic heterocycles. The van der Waals surface area contributed by atoms with Gasteiger partial charge in [0.1, 0.15) is 5.82 Å². The van der Waals surface area contributed by atoms with Crippen molar-refractivity contribution in [3.8, 4) is 0 Å². The molecule has 1 fully saturated rings. The molecule has 0 spiro atoms. The fourth-order valence-corrected chi connectivity index (χ4v) is 2.56. The quantitative estimate of drug-likeness (QED) is 0.873. The third kappa shape index (κ3) is 2.42. The maximum atomic E-state index is 14.0. The van der Waals surface area contributed by atoms with Gasteiger partial charge in [-0.15, -0.1) is 0 Å². The standard InChI is InChI=1S/C14H19FN2O2/c1-9(18)10-4-3-5-11(15)12(10)17-7-6-14(2,8-17)13(16)19/h3-5,9,18H,6-8H2,1-2H3,(H2,16,19). The van der Waals surface area contributed by atoms with Crippen molar-refractivity contribution in [2.45, 2.75) is 26.4 Å². The molecule has 0 bridgehead atoms. The van der Waals surface area contributed by atoms with Crippen LogP contribution < -0.4 is 10.6 Å². The highest BCUT2D eigenvalue weighted by Crippen LogP contribution is 2.37. The minimum absolute atomic E-state index is 0.370. The van der Waals surface area contributed by atoms with Crippen molar-refractivity contribution < 1.29 is 14.3 Å². The Morgan fingerprint density at radius 3 is 2.79 bits per heavy atom. The first-order valence-corrected chi connectivity index (χ1v) is 6.36. The van der Waals surface area contributed by atoms with Crippen LogP contribution in [0.3, 0.4) is 0 Å². The first-order valence-electron chi connectivity index (χ1n) is 6.36. The summed E-state index contributed by atoms with van der Waals surface area (Å²) < 4.78 is 14.0. The van der Waals surface area contributed by atoms with Crippen molar-refractivity contribution in [1.29, 1.82) is 0 Å². The van der Waals surface area contributed by atoms with Crippen LogP contribution >= 0.6 is 0 Å². The van der Waals surface area contributed by atoms with Gasteiger partial charge in [0.2, 0.25) is 5.91 Å². The molecule has 3 N–H and O–H groups in total. The Labute approximate surface area is 112 Å². The second-order valence-corrected chi connectivity index (χ2v) is 5.45. The monoisotopic (exact) mass is 266 g/mol. The average Bonchev–Trinajstić information content (AvgIpc) is 2.72. The van der Waals surface area contributed by atoms with Gasteiger partial charge < -0.3 is 15.7 Å². The van der Waals surface area contributed by atoms with Crippen molar-refractivity contribution >= 4 is 11.6 Å². The number of benzene rings is 1. The molecule has 19 heavy (non-hydrogen) atoms. The second-order valence-electron chi connectivity index (χ2n) is 5.45. The lowest BCUT2D eigenvalue weighted by molar-refractivity contribution is -0.125. The van der Waals surface area contributed by atoms with Crippen LogP contribution in [0.1, 0.15) is 31.9 Å². The lowest BCUT2D eigenvalue weighted by Gasteiger charge is -2.25. The van der Waals surface area contributed by atoms with E-state index in [1.807, 2.05) is 0 Å². The van der Waals surface area contributed by atoms with Crippen LogP contribution in [0.4, 0.5) is 10.1 Å². The minimum atomic E-state index is -0.758. The van der Waals surface area contributed by atoms with Gasteiger partial charge in [-0.2, -0.15) is 0 Å². The summed E-state index contributed by atoms with van der Waals surface area (Å²) in [5, 5.41) is 9.74. The largest absolute Gasteiger partial charge is 0.389 e. The summed E-state index contributed by atoms with van der Waals surface area (Å²) in [6.45, 7) is 4.32. The number of amides is 1. The van der Waals surface area contributed by atoms with E-state index in [0.29, 0.717) is 30.8 Å². The molecule has 0 aliphatic carbocycles. The fourth-order valence-electron chi connectivity index (χ4n) is 2.56. The highest BCUT2D eigenvalue weighted by Gasteiger charge is 2.40. The Balaban J connectivity index is 2.37. The molecule has 1 aliphatic rings. The van der Waals surface area contributed by atoms with Gasteiger partial charge >= 0.3 is 0 Å². The number of hydrogen-bond acceptors (Lipinski definition) is 3. The molecule has 0 saturated carbocycles. The van der Waals surface area contributed by atoms with Crippen LogP contribution in [0.15, 0.2) is 18.2 Å². The molecule has 1 aromatic carbocycles. The molecule has 104 valence electrons. The first-order chi connectivity index (χ1) is 8.85. The number of halogens is 1. The SMILES string of the molecule is CC(O)c1cccc(F)c1N1CCC(C)(C(N)=O)C1. The Hall–Kier alpha value is -1.62. The normalized spacial score (nSPS) is 24.5.